The third kappa shape index (κ3) is 2.15. The average Bonchev–Trinajstić information content (AvgIpc) is 2.61. The molecule has 112 valence electrons. The number of nitrogens with zero attached hydrogens (tertiary/aromatic N) is 2. The molecule has 0 amide bonds. The lowest BCUT2D eigenvalue weighted by atomic mass is 10.1. The Kier molecular flexibility index (Phi) is 3.71. The summed E-state index contributed by atoms with van der Waals surface area (Å²) < 4.78 is 45.8. The third-order valence-electron chi connectivity index (χ3n) is 3.02. The number of aliphatic hydroxyl groups excluding tert-OH is 2. The molecule has 20 heavy (non-hydrogen) atoms. The Hall–Kier alpha value is -1.65. The van der Waals surface area contributed by atoms with Gasteiger partial charge in [-0.1, -0.05) is 0 Å². The van der Waals surface area contributed by atoms with E-state index in [0.29, 0.717) is 4.57 Å². The fourth-order valence-corrected chi connectivity index (χ4v) is 1.89. The highest BCUT2D eigenvalue weighted by atomic mass is 19.3. The van der Waals surface area contributed by atoms with Gasteiger partial charge in [-0.05, 0) is 0 Å². The number of nitrogens with two attached hydrogens (primary N) is 1. The standard InChI is InChI=1S/C10H12F3N3O4/c11-6-8(20-5(3-18)10(6,12)13)16-1-4(2-17)7(14)15-9(16)19/h1,5-6,8,17-18H,2-3H2,(H2,14,15,19). The second-order valence-electron chi connectivity index (χ2n) is 4.27. The highest BCUT2D eigenvalue weighted by Crippen LogP contribution is 2.42. The van der Waals surface area contributed by atoms with E-state index in [1.165, 1.54) is 0 Å². The van der Waals surface area contributed by atoms with Crippen LogP contribution in [0.5, 0.6) is 0 Å². The van der Waals surface area contributed by atoms with Crippen LogP contribution >= 0.6 is 0 Å². The van der Waals surface area contributed by atoms with Crippen molar-refractivity contribution < 1.29 is 28.1 Å². The molecule has 0 aliphatic carbocycles. The number of hydrogen-bond acceptors (Lipinski definition) is 6. The van der Waals surface area contributed by atoms with E-state index in [0.717, 1.165) is 6.20 Å². The second kappa shape index (κ2) is 5.04. The minimum absolute atomic E-state index is 0.0313. The van der Waals surface area contributed by atoms with Gasteiger partial charge in [0.2, 0.25) is 6.17 Å². The van der Waals surface area contributed by atoms with Crippen molar-refractivity contribution in [2.75, 3.05) is 12.3 Å². The molecule has 0 radical (unpaired) electrons. The van der Waals surface area contributed by atoms with Gasteiger partial charge in [0.05, 0.1) is 13.2 Å². The van der Waals surface area contributed by atoms with Crippen molar-refractivity contribution in [3.63, 3.8) is 0 Å². The summed E-state index contributed by atoms with van der Waals surface area (Å²) in [6.45, 7) is -1.71. The molecule has 1 aliphatic heterocycles. The van der Waals surface area contributed by atoms with Crippen molar-refractivity contribution in [3.05, 3.63) is 22.2 Å². The van der Waals surface area contributed by atoms with Crippen LogP contribution in [0.1, 0.15) is 11.8 Å². The first-order chi connectivity index (χ1) is 9.32. The van der Waals surface area contributed by atoms with Gasteiger partial charge < -0.3 is 20.7 Å². The van der Waals surface area contributed by atoms with Gasteiger partial charge in [-0.2, -0.15) is 4.98 Å². The molecule has 0 bridgehead atoms. The molecular formula is C10H12F3N3O4. The molecule has 10 heteroatoms. The third-order valence-corrected chi connectivity index (χ3v) is 3.02. The van der Waals surface area contributed by atoms with Crippen LogP contribution in [0.4, 0.5) is 19.0 Å². The number of ether oxygens (including phenoxy) is 1. The van der Waals surface area contributed by atoms with Gasteiger partial charge in [-0.15, -0.1) is 0 Å². The van der Waals surface area contributed by atoms with E-state index < -0.39 is 43.3 Å². The van der Waals surface area contributed by atoms with E-state index in [1.54, 1.807) is 0 Å². The molecule has 0 spiro atoms. The highest BCUT2D eigenvalue weighted by Gasteiger charge is 2.60. The Morgan fingerprint density at radius 2 is 2.15 bits per heavy atom. The summed E-state index contributed by atoms with van der Waals surface area (Å²) in [5.41, 5.74) is 4.21. The minimum Gasteiger partial charge on any atom is -0.393 e. The maximum atomic E-state index is 13.7. The van der Waals surface area contributed by atoms with Crippen LogP contribution in [0, 0.1) is 0 Å². The number of aliphatic hydroxyl groups is 2. The summed E-state index contributed by atoms with van der Waals surface area (Å²) in [7, 11) is 0. The van der Waals surface area contributed by atoms with Crippen LogP contribution in [0.25, 0.3) is 0 Å². The number of hydrogen-bond donors (Lipinski definition) is 3. The minimum atomic E-state index is -3.94. The monoisotopic (exact) mass is 295 g/mol. The molecule has 1 fully saturated rings. The normalized spacial score (nSPS) is 28.8. The number of anilines is 1. The van der Waals surface area contributed by atoms with Gasteiger partial charge >= 0.3 is 11.6 Å². The number of rotatable bonds is 3. The predicted molar refractivity (Wildman–Crippen MR) is 59.7 cm³/mol. The fraction of sp³-hybridized carbons (Fsp3) is 0.600. The lowest BCUT2D eigenvalue weighted by molar-refractivity contribution is -0.111. The van der Waals surface area contributed by atoms with Crippen LogP contribution in [0.2, 0.25) is 0 Å². The van der Waals surface area contributed by atoms with Gasteiger partial charge in [0.15, 0.2) is 6.23 Å². The molecule has 1 aromatic heterocycles. The number of aromatic nitrogens is 2. The smallest absolute Gasteiger partial charge is 0.351 e. The molecule has 3 unspecified atom stereocenters. The molecular weight excluding hydrogens is 283 g/mol. The lowest BCUT2D eigenvalue weighted by Gasteiger charge is -2.17. The predicted octanol–water partition coefficient (Wildman–Crippen LogP) is -0.819. The molecule has 1 saturated heterocycles. The van der Waals surface area contributed by atoms with E-state index >= 15 is 0 Å². The van der Waals surface area contributed by atoms with Crippen molar-refractivity contribution >= 4 is 5.82 Å². The summed E-state index contributed by atoms with van der Waals surface area (Å²) in [5, 5.41) is 17.7. The summed E-state index contributed by atoms with van der Waals surface area (Å²) in [6.07, 6.45) is -5.95. The number of alkyl halides is 3. The van der Waals surface area contributed by atoms with Crippen LogP contribution in [-0.2, 0) is 11.3 Å². The number of nitrogen functional groups attached to an aromatic ring is 1. The fourth-order valence-electron chi connectivity index (χ4n) is 1.89. The van der Waals surface area contributed by atoms with Crippen molar-refractivity contribution in [2.45, 2.75) is 31.0 Å². The Morgan fingerprint density at radius 1 is 1.50 bits per heavy atom. The van der Waals surface area contributed by atoms with Crippen LogP contribution in [0.3, 0.4) is 0 Å². The molecule has 1 aliphatic rings. The quantitative estimate of drug-likeness (QED) is 0.672. The lowest BCUT2D eigenvalue weighted by Crippen LogP contribution is -2.39. The Bertz CT molecular complexity index is 565. The Labute approximate surface area is 110 Å². The molecule has 0 saturated carbocycles. The molecule has 7 nitrogen and oxygen atoms in total. The Morgan fingerprint density at radius 3 is 2.65 bits per heavy atom. The molecule has 1 aromatic rings. The largest absolute Gasteiger partial charge is 0.393 e. The molecule has 3 atom stereocenters. The van der Waals surface area contributed by atoms with Crippen molar-refractivity contribution in [2.24, 2.45) is 0 Å². The highest BCUT2D eigenvalue weighted by molar-refractivity contribution is 5.36. The van der Waals surface area contributed by atoms with E-state index in [4.69, 9.17) is 15.9 Å². The van der Waals surface area contributed by atoms with Gasteiger partial charge in [-0.25, -0.2) is 18.0 Å². The van der Waals surface area contributed by atoms with Gasteiger partial charge in [0.25, 0.3) is 0 Å². The van der Waals surface area contributed by atoms with Crippen molar-refractivity contribution in [1.82, 2.24) is 9.55 Å². The SMILES string of the molecule is Nc1nc(=O)n(C2OC(CO)C(F)(F)C2F)cc1CO. The zero-order valence-corrected chi connectivity index (χ0v) is 10.0. The molecule has 2 heterocycles. The molecule has 2 rings (SSSR count). The first-order valence-electron chi connectivity index (χ1n) is 5.59. The molecule has 4 N–H and O–H groups in total. The number of halogens is 3. The average molecular weight is 295 g/mol. The zero-order chi connectivity index (χ0) is 15.1. The van der Waals surface area contributed by atoms with Gasteiger partial charge in [0, 0.05) is 11.8 Å². The first-order valence-corrected chi connectivity index (χ1v) is 5.59. The molecule has 0 aromatic carbocycles. The van der Waals surface area contributed by atoms with E-state index in [1.807, 2.05) is 0 Å². The topological polar surface area (TPSA) is 111 Å². The van der Waals surface area contributed by atoms with Gasteiger partial charge in [0.1, 0.15) is 11.9 Å². The van der Waals surface area contributed by atoms with E-state index in [2.05, 4.69) is 9.72 Å². The van der Waals surface area contributed by atoms with Crippen molar-refractivity contribution in [1.29, 1.82) is 0 Å². The summed E-state index contributed by atoms with van der Waals surface area (Å²) in [4.78, 5) is 14.9. The summed E-state index contributed by atoms with van der Waals surface area (Å²) in [5.74, 6) is -4.23. The zero-order valence-electron chi connectivity index (χ0n) is 10.0. The maximum Gasteiger partial charge on any atom is 0.351 e. The van der Waals surface area contributed by atoms with E-state index in [9.17, 15) is 18.0 Å². The van der Waals surface area contributed by atoms with Crippen LogP contribution < -0.4 is 11.4 Å². The summed E-state index contributed by atoms with van der Waals surface area (Å²) >= 11 is 0. The van der Waals surface area contributed by atoms with E-state index in [-0.39, 0.29) is 11.4 Å². The van der Waals surface area contributed by atoms with Crippen LogP contribution in [-0.4, -0.2) is 44.6 Å². The van der Waals surface area contributed by atoms with Gasteiger partial charge in [-0.3, -0.25) is 4.57 Å². The second-order valence-corrected chi connectivity index (χ2v) is 4.27. The Balaban J connectivity index is 2.45. The van der Waals surface area contributed by atoms with Crippen molar-refractivity contribution in [3.8, 4) is 0 Å². The maximum absolute atomic E-state index is 13.7. The summed E-state index contributed by atoms with van der Waals surface area (Å²) in [6, 6.07) is 0. The van der Waals surface area contributed by atoms with Crippen LogP contribution in [0.15, 0.2) is 11.0 Å². The first kappa shape index (κ1) is 14.8.